The highest BCUT2D eigenvalue weighted by molar-refractivity contribution is 9.10. The number of rotatable bonds is 3. The lowest BCUT2D eigenvalue weighted by Gasteiger charge is -2.09. The maximum absolute atomic E-state index is 11.3. The number of carbonyl (C=O) groups is 1. The van der Waals surface area contributed by atoms with E-state index in [4.69, 9.17) is 4.74 Å². The Morgan fingerprint density at radius 1 is 1.50 bits per heavy atom. The normalized spacial score (nSPS) is 10.0. The van der Waals surface area contributed by atoms with Crippen molar-refractivity contribution in [2.75, 3.05) is 6.61 Å². The molecule has 1 aromatic carbocycles. The Labute approximate surface area is 92.4 Å². The first-order valence-electron chi connectivity index (χ1n) is 4.50. The van der Waals surface area contributed by atoms with Gasteiger partial charge in [-0.05, 0) is 38.5 Å². The van der Waals surface area contributed by atoms with Crippen LogP contribution in [0.1, 0.15) is 29.8 Å². The van der Waals surface area contributed by atoms with Crippen molar-refractivity contribution < 1.29 is 9.53 Å². The maximum Gasteiger partial charge on any atom is 0.160 e. The van der Waals surface area contributed by atoms with E-state index in [0.29, 0.717) is 12.2 Å². The molecule has 0 aliphatic carbocycles. The van der Waals surface area contributed by atoms with Crippen molar-refractivity contribution >= 4 is 21.7 Å². The molecule has 0 aromatic heterocycles. The number of halogens is 1. The fourth-order valence-electron chi connectivity index (χ4n) is 1.27. The predicted molar refractivity (Wildman–Crippen MR) is 60.1 cm³/mol. The molecule has 1 rings (SSSR count). The molecule has 0 saturated carbocycles. The number of ether oxygens (including phenoxy) is 1. The molecule has 0 heterocycles. The van der Waals surface area contributed by atoms with Gasteiger partial charge in [0.05, 0.1) is 6.61 Å². The molecule has 0 amide bonds. The van der Waals surface area contributed by atoms with Crippen LogP contribution in [0, 0.1) is 6.92 Å². The van der Waals surface area contributed by atoms with Gasteiger partial charge in [0.15, 0.2) is 5.78 Å². The SMILES string of the molecule is CCOc1cc(Br)c(C)c(C(C)=O)c1. The molecular formula is C11H13BrO2. The Morgan fingerprint density at radius 3 is 2.64 bits per heavy atom. The molecule has 0 aliphatic heterocycles. The van der Waals surface area contributed by atoms with Gasteiger partial charge in [0.1, 0.15) is 5.75 Å². The van der Waals surface area contributed by atoms with Crippen LogP contribution in [0.4, 0.5) is 0 Å². The zero-order valence-electron chi connectivity index (χ0n) is 8.56. The van der Waals surface area contributed by atoms with E-state index in [-0.39, 0.29) is 5.78 Å². The van der Waals surface area contributed by atoms with Gasteiger partial charge in [0.25, 0.3) is 0 Å². The average Bonchev–Trinajstić information content (AvgIpc) is 2.11. The summed E-state index contributed by atoms with van der Waals surface area (Å²) in [5.74, 6) is 0.792. The van der Waals surface area contributed by atoms with E-state index in [1.54, 1.807) is 13.0 Å². The molecule has 3 heteroatoms. The zero-order valence-corrected chi connectivity index (χ0v) is 10.1. The van der Waals surface area contributed by atoms with Crippen molar-refractivity contribution in [1.82, 2.24) is 0 Å². The van der Waals surface area contributed by atoms with E-state index in [1.807, 2.05) is 19.9 Å². The third kappa shape index (κ3) is 2.35. The Morgan fingerprint density at radius 2 is 2.14 bits per heavy atom. The van der Waals surface area contributed by atoms with Crippen LogP contribution in [0.15, 0.2) is 16.6 Å². The van der Waals surface area contributed by atoms with Crippen molar-refractivity contribution in [2.45, 2.75) is 20.8 Å². The predicted octanol–water partition coefficient (Wildman–Crippen LogP) is 3.36. The lowest BCUT2D eigenvalue weighted by Crippen LogP contribution is -1.99. The molecule has 14 heavy (non-hydrogen) atoms. The van der Waals surface area contributed by atoms with Crippen molar-refractivity contribution in [2.24, 2.45) is 0 Å². The van der Waals surface area contributed by atoms with Crippen LogP contribution in [0.3, 0.4) is 0 Å². The second kappa shape index (κ2) is 4.60. The van der Waals surface area contributed by atoms with E-state index >= 15 is 0 Å². The van der Waals surface area contributed by atoms with Gasteiger partial charge in [0.2, 0.25) is 0 Å². The summed E-state index contributed by atoms with van der Waals surface area (Å²) < 4.78 is 6.26. The minimum atomic E-state index is 0.0600. The third-order valence-electron chi connectivity index (χ3n) is 2.01. The Hall–Kier alpha value is -0.830. The first-order chi connectivity index (χ1) is 6.56. The number of hydrogen-bond donors (Lipinski definition) is 0. The van der Waals surface area contributed by atoms with Gasteiger partial charge in [-0.15, -0.1) is 0 Å². The minimum absolute atomic E-state index is 0.0600. The van der Waals surface area contributed by atoms with Gasteiger partial charge < -0.3 is 4.74 Å². The molecule has 0 aliphatic rings. The molecule has 0 radical (unpaired) electrons. The van der Waals surface area contributed by atoms with E-state index in [2.05, 4.69) is 15.9 Å². The molecule has 0 spiro atoms. The second-order valence-electron chi connectivity index (χ2n) is 3.07. The largest absolute Gasteiger partial charge is 0.494 e. The van der Waals surface area contributed by atoms with Crippen LogP contribution in [-0.4, -0.2) is 12.4 Å². The maximum atomic E-state index is 11.3. The molecular weight excluding hydrogens is 244 g/mol. The Balaban J connectivity index is 3.21. The monoisotopic (exact) mass is 256 g/mol. The minimum Gasteiger partial charge on any atom is -0.494 e. The fraction of sp³-hybridized carbons (Fsp3) is 0.364. The smallest absolute Gasteiger partial charge is 0.160 e. The zero-order chi connectivity index (χ0) is 10.7. The summed E-state index contributed by atoms with van der Waals surface area (Å²) in [5, 5.41) is 0. The highest BCUT2D eigenvalue weighted by Gasteiger charge is 2.09. The topological polar surface area (TPSA) is 26.3 Å². The lowest BCUT2D eigenvalue weighted by atomic mass is 10.1. The lowest BCUT2D eigenvalue weighted by molar-refractivity contribution is 0.101. The second-order valence-corrected chi connectivity index (χ2v) is 3.92. The van der Waals surface area contributed by atoms with Crippen LogP contribution < -0.4 is 4.74 Å². The molecule has 2 nitrogen and oxygen atoms in total. The van der Waals surface area contributed by atoms with Crippen LogP contribution in [0.2, 0.25) is 0 Å². The first-order valence-corrected chi connectivity index (χ1v) is 5.29. The molecule has 0 bridgehead atoms. The summed E-state index contributed by atoms with van der Waals surface area (Å²) in [5.41, 5.74) is 1.67. The summed E-state index contributed by atoms with van der Waals surface area (Å²) in [6.07, 6.45) is 0. The van der Waals surface area contributed by atoms with Gasteiger partial charge in [0, 0.05) is 10.0 Å². The summed E-state index contributed by atoms with van der Waals surface area (Å²) in [7, 11) is 0. The fourth-order valence-corrected chi connectivity index (χ4v) is 1.71. The van der Waals surface area contributed by atoms with Gasteiger partial charge in [-0.25, -0.2) is 0 Å². The number of carbonyl (C=O) groups excluding carboxylic acids is 1. The highest BCUT2D eigenvalue weighted by atomic mass is 79.9. The summed E-state index contributed by atoms with van der Waals surface area (Å²) in [6, 6.07) is 3.66. The van der Waals surface area contributed by atoms with E-state index in [0.717, 1.165) is 15.8 Å². The Bertz CT molecular complexity index is 359. The van der Waals surface area contributed by atoms with E-state index < -0.39 is 0 Å². The molecule has 76 valence electrons. The number of Topliss-reactive ketones (excluding diaryl/α,β-unsaturated/α-hetero) is 1. The summed E-state index contributed by atoms with van der Waals surface area (Å²) in [6.45, 7) is 6.00. The molecule has 0 saturated heterocycles. The number of benzene rings is 1. The van der Waals surface area contributed by atoms with Crippen LogP contribution in [0.25, 0.3) is 0 Å². The molecule has 1 aromatic rings. The average molecular weight is 257 g/mol. The first kappa shape index (κ1) is 11.2. The standard InChI is InChI=1S/C11H13BrO2/c1-4-14-9-5-10(8(3)13)7(2)11(12)6-9/h5-6H,4H2,1-3H3. The van der Waals surface area contributed by atoms with Gasteiger partial charge in [-0.2, -0.15) is 0 Å². The Kier molecular flexibility index (Phi) is 3.69. The van der Waals surface area contributed by atoms with Crippen LogP contribution in [0.5, 0.6) is 5.75 Å². The van der Waals surface area contributed by atoms with Gasteiger partial charge in [-0.1, -0.05) is 15.9 Å². The van der Waals surface area contributed by atoms with Crippen LogP contribution >= 0.6 is 15.9 Å². The van der Waals surface area contributed by atoms with Crippen molar-refractivity contribution in [3.05, 3.63) is 27.7 Å². The summed E-state index contributed by atoms with van der Waals surface area (Å²) >= 11 is 3.40. The van der Waals surface area contributed by atoms with E-state index in [9.17, 15) is 4.79 Å². The van der Waals surface area contributed by atoms with Crippen molar-refractivity contribution in [3.8, 4) is 5.75 Å². The number of ketones is 1. The summed E-state index contributed by atoms with van der Waals surface area (Å²) in [4.78, 5) is 11.3. The molecule has 0 atom stereocenters. The van der Waals surface area contributed by atoms with E-state index in [1.165, 1.54) is 0 Å². The van der Waals surface area contributed by atoms with Crippen molar-refractivity contribution in [3.63, 3.8) is 0 Å². The van der Waals surface area contributed by atoms with Crippen molar-refractivity contribution in [1.29, 1.82) is 0 Å². The molecule has 0 N–H and O–H groups in total. The quantitative estimate of drug-likeness (QED) is 0.776. The molecule has 0 unspecified atom stereocenters. The number of hydrogen-bond acceptors (Lipinski definition) is 2. The van der Waals surface area contributed by atoms with Gasteiger partial charge >= 0.3 is 0 Å². The van der Waals surface area contributed by atoms with Crippen LogP contribution in [-0.2, 0) is 0 Å². The highest BCUT2D eigenvalue weighted by Crippen LogP contribution is 2.26. The third-order valence-corrected chi connectivity index (χ3v) is 2.83. The van der Waals surface area contributed by atoms with Gasteiger partial charge in [-0.3, -0.25) is 4.79 Å². The molecule has 0 fully saturated rings.